The first-order valence-electron chi connectivity index (χ1n) is 7.06. The summed E-state index contributed by atoms with van der Waals surface area (Å²) in [4.78, 5) is 25.8. The molecule has 0 bridgehead atoms. The van der Waals surface area contributed by atoms with Crippen molar-refractivity contribution < 1.29 is 9.59 Å². The Labute approximate surface area is 143 Å². The number of hydrogen-bond donors (Lipinski definition) is 2. The first-order valence-corrected chi connectivity index (χ1v) is 7.85. The van der Waals surface area contributed by atoms with E-state index in [1.807, 2.05) is 26.2 Å². The average molecular weight is 376 g/mol. The molecule has 0 fully saturated rings. The maximum absolute atomic E-state index is 12.3. The van der Waals surface area contributed by atoms with Gasteiger partial charge in [0.25, 0.3) is 5.91 Å². The molecule has 5 nitrogen and oxygen atoms in total. The van der Waals surface area contributed by atoms with Crippen LogP contribution < -0.4 is 10.6 Å². The largest absolute Gasteiger partial charge is 0.325 e. The number of likely N-dealkylation sites (N-methyl/N-ethyl adjacent to an activating group) is 1. The van der Waals surface area contributed by atoms with Crippen LogP contribution in [0.3, 0.4) is 0 Å². The average Bonchev–Trinajstić information content (AvgIpc) is 2.47. The lowest BCUT2D eigenvalue weighted by atomic mass is 10.2. The van der Waals surface area contributed by atoms with Crippen molar-refractivity contribution in [3.8, 4) is 0 Å². The molecule has 2 aromatic rings. The molecule has 0 atom stereocenters. The third-order valence-electron chi connectivity index (χ3n) is 2.98. The van der Waals surface area contributed by atoms with Gasteiger partial charge in [0, 0.05) is 15.8 Å². The third kappa shape index (κ3) is 5.19. The zero-order valence-electron chi connectivity index (χ0n) is 13.0. The molecule has 2 rings (SSSR count). The second-order valence-electron chi connectivity index (χ2n) is 5.30. The fraction of sp³-hybridized carbons (Fsp3) is 0.176. The second-order valence-corrected chi connectivity index (χ2v) is 6.16. The van der Waals surface area contributed by atoms with Crippen LogP contribution in [0.5, 0.6) is 0 Å². The molecule has 0 aliphatic heterocycles. The Morgan fingerprint density at radius 2 is 1.65 bits per heavy atom. The molecular weight excluding hydrogens is 358 g/mol. The molecule has 0 aliphatic rings. The van der Waals surface area contributed by atoms with E-state index in [-0.39, 0.29) is 11.8 Å². The summed E-state index contributed by atoms with van der Waals surface area (Å²) in [5.41, 5.74) is 1.81. The fourth-order valence-corrected chi connectivity index (χ4v) is 2.47. The molecule has 2 amide bonds. The number of nitrogens with zero attached hydrogens (tertiary/aromatic N) is 1. The van der Waals surface area contributed by atoms with Crippen LogP contribution in [-0.4, -0.2) is 37.4 Å². The molecule has 0 saturated heterocycles. The van der Waals surface area contributed by atoms with E-state index >= 15 is 0 Å². The molecule has 0 radical (unpaired) electrons. The highest BCUT2D eigenvalue weighted by Gasteiger charge is 2.10. The molecule has 2 aromatic carbocycles. The van der Waals surface area contributed by atoms with Crippen molar-refractivity contribution in [3.63, 3.8) is 0 Å². The number of carbonyl (C=O) groups is 2. The van der Waals surface area contributed by atoms with Crippen molar-refractivity contribution >= 4 is 39.1 Å². The van der Waals surface area contributed by atoms with Crippen molar-refractivity contribution in [2.45, 2.75) is 0 Å². The van der Waals surface area contributed by atoms with Crippen molar-refractivity contribution in [1.82, 2.24) is 4.90 Å². The molecule has 0 unspecified atom stereocenters. The fourth-order valence-electron chi connectivity index (χ4n) is 2.01. The van der Waals surface area contributed by atoms with Gasteiger partial charge in [-0.2, -0.15) is 0 Å². The van der Waals surface area contributed by atoms with E-state index in [0.29, 0.717) is 23.5 Å². The topological polar surface area (TPSA) is 61.4 Å². The highest BCUT2D eigenvalue weighted by Crippen LogP contribution is 2.19. The number of halogens is 1. The van der Waals surface area contributed by atoms with Gasteiger partial charge < -0.3 is 15.5 Å². The summed E-state index contributed by atoms with van der Waals surface area (Å²) < 4.78 is 0.730. The van der Waals surface area contributed by atoms with Gasteiger partial charge in [0.2, 0.25) is 5.91 Å². The Kier molecular flexibility index (Phi) is 5.90. The van der Waals surface area contributed by atoms with Crippen LogP contribution in [0.25, 0.3) is 0 Å². The predicted octanol–water partition coefficient (Wildman–Crippen LogP) is 3.20. The van der Waals surface area contributed by atoms with Gasteiger partial charge in [-0.3, -0.25) is 9.59 Å². The Morgan fingerprint density at radius 1 is 1.00 bits per heavy atom. The highest BCUT2D eigenvalue weighted by atomic mass is 79.9. The molecule has 0 spiro atoms. The molecule has 6 heteroatoms. The lowest BCUT2D eigenvalue weighted by Crippen LogP contribution is -2.27. The van der Waals surface area contributed by atoms with Gasteiger partial charge in [0.05, 0.1) is 12.1 Å². The Bertz CT molecular complexity index is 716. The van der Waals surface area contributed by atoms with Crippen LogP contribution in [-0.2, 0) is 4.79 Å². The van der Waals surface area contributed by atoms with Gasteiger partial charge in [-0.15, -0.1) is 0 Å². The van der Waals surface area contributed by atoms with Crippen LogP contribution in [0.4, 0.5) is 11.4 Å². The van der Waals surface area contributed by atoms with Gasteiger partial charge in [0.1, 0.15) is 0 Å². The van der Waals surface area contributed by atoms with E-state index in [4.69, 9.17) is 0 Å². The Hall–Kier alpha value is -2.18. The standard InChI is InChI=1S/C17H18BrN3O2/c1-21(2)11-16(22)19-12-6-5-7-13(10-12)20-17(23)14-8-3-4-9-15(14)18/h3-10H,11H2,1-2H3,(H,19,22)(H,20,23). The minimum absolute atomic E-state index is 0.107. The minimum atomic E-state index is -0.214. The van der Waals surface area contributed by atoms with Crippen molar-refractivity contribution in [1.29, 1.82) is 0 Å². The van der Waals surface area contributed by atoms with Crippen molar-refractivity contribution in [3.05, 3.63) is 58.6 Å². The van der Waals surface area contributed by atoms with Crippen LogP contribution in [0.15, 0.2) is 53.0 Å². The number of carbonyl (C=O) groups excluding carboxylic acids is 2. The summed E-state index contributed by atoms with van der Waals surface area (Å²) in [6, 6.07) is 14.3. The third-order valence-corrected chi connectivity index (χ3v) is 3.67. The quantitative estimate of drug-likeness (QED) is 0.843. The summed E-state index contributed by atoms with van der Waals surface area (Å²) >= 11 is 3.36. The van der Waals surface area contributed by atoms with E-state index in [9.17, 15) is 9.59 Å². The van der Waals surface area contributed by atoms with Gasteiger partial charge in [-0.05, 0) is 60.4 Å². The van der Waals surface area contributed by atoms with E-state index in [0.717, 1.165) is 4.47 Å². The van der Waals surface area contributed by atoms with Gasteiger partial charge >= 0.3 is 0 Å². The maximum Gasteiger partial charge on any atom is 0.256 e. The molecule has 2 N–H and O–H groups in total. The second kappa shape index (κ2) is 7.89. The number of rotatable bonds is 5. The summed E-state index contributed by atoms with van der Waals surface area (Å²) in [5.74, 6) is -0.321. The number of nitrogens with one attached hydrogen (secondary N) is 2. The van der Waals surface area contributed by atoms with E-state index in [1.165, 1.54) is 0 Å². The lowest BCUT2D eigenvalue weighted by Gasteiger charge is -2.11. The van der Waals surface area contributed by atoms with Crippen LogP contribution >= 0.6 is 15.9 Å². The van der Waals surface area contributed by atoms with Crippen LogP contribution in [0.1, 0.15) is 10.4 Å². The maximum atomic E-state index is 12.3. The molecule has 23 heavy (non-hydrogen) atoms. The van der Waals surface area contributed by atoms with Gasteiger partial charge in [-0.1, -0.05) is 18.2 Å². The number of amides is 2. The first-order chi connectivity index (χ1) is 11.0. The lowest BCUT2D eigenvalue weighted by molar-refractivity contribution is -0.116. The molecule has 0 saturated carbocycles. The zero-order chi connectivity index (χ0) is 16.8. The molecule has 0 aliphatic carbocycles. The Morgan fingerprint density at radius 3 is 2.30 bits per heavy atom. The number of anilines is 2. The van der Waals surface area contributed by atoms with Crippen molar-refractivity contribution in [2.24, 2.45) is 0 Å². The van der Waals surface area contributed by atoms with E-state index in [2.05, 4.69) is 26.6 Å². The highest BCUT2D eigenvalue weighted by molar-refractivity contribution is 9.10. The van der Waals surface area contributed by atoms with E-state index < -0.39 is 0 Å². The molecule has 0 aromatic heterocycles. The van der Waals surface area contributed by atoms with Crippen LogP contribution in [0.2, 0.25) is 0 Å². The SMILES string of the molecule is CN(C)CC(=O)Nc1cccc(NC(=O)c2ccccc2Br)c1. The normalized spacial score (nSPS) is 10.4. The summed E-state index contributed by atoms with van der Waals surface area (Å²) in [7, 11) is 3.65. The molecule has 0 heterocycles. The molecular formula is C17H18BrN3O2. The molecule has 120 valence electrons. The number of hydrogen-bond acceptors (Lipinski definition) is 3. The summed E-state index contributed by atoms with van der Waals surface area (Å²) in [6.45, 7) is 0.299. The van der Waals surface area contributed by atoms with Gasteiger partial charge in [0.15, 0.2) is 0 Å². The number of benzene rings is 2. The summed E-state index contributed by atoms with van der Waals surface area (Å²) in [6.07, 6.45) is 0. The summed E-state index contributed by atoms with van der Waals surface area (Å²) in [5, 5.41) is 5.62. The zero-order valence-corrected chi connectivity index (χ0v) is 14.6. The van der Waals surface area contributed by atoms with Gasteiger partial charge in [-0.25, -0.2) is 0 Å². The minimum Gasteiger partial charge on any atom is -0.325 e. The smallest absolute Gasteiger partial charge is 0.256 e. The van der Waals surface area contributed by atoms with Crippen molar-refractivity contribution in [2.75, 3.05) is 31.3 Å². The first kappa shape index (κ1) is 17.2. The Balaban J connectivity index is 2.07. The van der Waals surface area contributed by atoms with E-state index in [1.54, 1.807) is 41.3 Å². The monoisotopic (exact) mass is 375 g/mol. The predicted molar refractivity (Wildman–Crippen MR) is 95.7 cm³/mol. The van der Waals surface area contributed by atoms with Crippen LogP contribution in [0, 0.1) is 0 Å².